The maximum absolute atomic E-state index is 12.1. The topological polar surface area (TPSA) is 96.3 Å². The van der Waals surface area contributed by atoms with E-state index in [9.17, 15) is 4.79 Å². The Kier molecular flexibility index (Phi) is 4.58. The molecular formula is C17H14N4O3. The van der Waals surface area contributed by atoms with Crippen LogP contribution in [0.2, 0.25) is 0 Å². The predicted octanol–water partition coefficient (Wildman–Crippen LogP) is 1.95. The lowest BCUT2D eigenvalue weighted by Gasteiger charge is -2.06. The molecule has 0 saturated carbocycles. The summed E-state index contributed by atoms with van der Waals surface area (Å²) in [4.78, 5) is 16.1. The molecule has 7 heteroatoms. The molecule has 2 N–H and O–H groups in total. The number of amides is 1. The van der Waals surface area contributed by atoms with E-state index in [1.54, 1.807) is 36.5 Å². The molecule has 0 spiro atoms. The number of ether oxygens (including phenoxy) is 2. The van der Waals surface area contributed by atoms with Gasteiger partial charge in [0, 0.05) is 18.9 Å². The fourth-order valence-electron chi connectivity index (χ4n) is 2.07. The van der Waals surface area contributed by atoms with Gasteiger partial charge in [0.1, 0.15) is 17.5 Å². The van der Waals surface area contributed by atoms with E-state index in [1.807, 2.05) is 12.1 Å². The third-order valence-corrected chi connectivity index (χ3v) is 3.28. The summed E-state index contributed by atoms with van der Waals surface area (Å²) in [6.07, 6.45) is 2.94. The molecule has 0 bridgehead atoms. The summed E-state index contributed by atoms with van der Waals surface area (Å²) in [6.45, 7) is 0.476. The molecule has 120 valence electrons. The monoisotopic (exact) mass is 322 g/mol. The molecule has 2 aromatic rings. The van der Waals surface area contributed by atoms with Crippen molar-refractivity contribution in [2.24, 2.45) is 0 Å². The van der Waals surface area contributed by atoms with Crippen molar-refractivity contribution in [3.63, 3.8) is 0 Å². The Morgan fingerprint density at radius 3 is 2.96 bits per heavy atom. The minimum Gasteiger partial charge on any atom is -0.454 e. The highest BCUT2D eigenvalue weighted by atomic mass is 16.7. The lowest BCUT2D eigenvalue weighted by atomic mass is 10.2. The SMILES string of the molecule is N#C/C(=C/Nc1ccccn1)C(=O)NCc1ccc2c(c1)OCO2. The molecule has 0 fully saturated rings. The molecule has 1 aromatic carbocycles. The first-order valence-corrected chi connectivity index (χ1v) is 7.21. The van der Waals surface area contributed by atoms with Crippen molar-refractivity contribution in [2.45, 2.75) is 6.54 Å². The summed E-state index contributed by atoms with van der Waals surface area (Å²) in [5.41, 5.74) is 0.809. The van der Waals surface area contributed by atoms with Crippen molar-refractivity contribution in [1.82, 2.24) is 10.3 Å². The Morgan fingerprint density at radius 1 is 1.29 bits per heavy atom. The van der Waals surface area contributed by atoms with Gasteiger partial charge in [-0.25, -0.2) is 4.98 Å². The van der Waals surface area contributed by atoms with Gasteiger partial charge >= 0.3 is 0 Å². The minimum atomic E-state index is -0.474. The summed E-state index contributed by atoms with van der Waals surface area (Å²) in [6, 6.07) is 12.6. The lowest BCUT2D eigenvalue weighted by molar-refractivity contribution is -0.117. The number of carbonyl (C=O) groups is 1. The van der Waals surface area contributed by atoms with Gasteiger partial charge in [0.2, 0.25) is 6.79 Å². The van der Waals surface area contributed by atoms with Crippen LogP contribution in [0.15, 0.2) is 54.4 Å². The van der Waals surface area contributed by atoms with Gasteiger partial charge in [-0.15, -0.1) is 0 Å². The van der Waals surface area contributed by atoms with Gasteiger partial charge in [-0.1, -0.05) is 12.1 Å². The van der Waals surface area contributed by atoms with E-state index in [2.05, 4.69) is 15.6 Å². The van der Waals surface area contributed by atoms with Crippen LogP contribution in [0, 0.1) is 11.3 Å². The Bertz CT molecular complexity index is 812. The smallest absolute Gasteiger partial charge is 0.263 e. The van der Waals surface area contributed by atoms with Gasteiger partial charge in [0.15, 0.2) is 11.5 Å². The molecule has 1 amide bonds. The largest absolute Gasteiger partial charge is 0.454 e. The second-order valence-corrected chi connectivity index (χ2v) is 4.90. The van der Waals surface area contributed by atoms with Crippen LogP contribution in [0.3, 0.4) is 0 Å². The van der Waals surface area contributed by atoms with Crippen LogP contribution in [0.25, 0.3) is 0 Å². The van der Waals surface area contributed by atoms with E-state index in [1.165, 1.54) is 6.20 Å². The van der Waals surface area contributed by atoms with Crippen molar-refractivity contribution < 1.29 is 14.3 Å². The first kappa shape index (κ1) is 15.4. The molecule has 3 rings (SSSR count). The fraction of sp³-hybridized carbons (Fsp3) is 0.118. The molecule has 0 aliphatic carbocycles. The number of aromatic nitrogens is 1. The van der Waals surface area contributed by atoms with Crippen LogP contribution in [0.1, 0.15) is 5.56 Å². The van der Waals surface area contributed by atoms with Crippen molar-refractivity contribution in [3.05, 3.63) is 59.9 Å². The number of nitriles is 1. The number of pyridine rings is 1. The maximum atomic E-state index is 12.1. The lowest BCUT2D eigenvalue weighted by Crippen LogP contribution is -2.24. The average Bonchev–Trinajstić information content (AvgIpc) is 3.09. The first-order valence-electron chi connectivity index (χ1n) is 7.21. The van der Waals surface area contributed by atoms with Crippen LogP contribution in [-0.4, -0.2) is 17.7 Å². The Labute approximate surface area is 138 Å². The molecular weight excluding hydrogens is 308 g/mol. The highest BCUT2D eigenvalue weighted by Gasteiger charge is 2.14. The van der Waals surface area contributed by atoms with E-state index < -0.39 is 5.91 Å². The van der Waals surface area contributed by atoms with E-state index in [4.69, 9.17) is 14.7 Å². The zero-order chi connectivity index (χ0) is 16.8. The molecule has 0 unspecified atom stereocenters. The highest BCUT2D eigenvalue weighted by Crippen LogP contribution is 2.32. The van der Waals surface area contributed by atoms with Gasteiger partial charge in [-0.3, -0.25) is 4.79 Å². The van der Waals surface area contributed by atoms with Crippen molar-refractivity contribution in [1.29, 1.82) is 5.26 Å². The number of carbonyl (C=O) groups excluding carboxylic acids is 1. The molecule has 1 aliphatic rings. The standard InChI is InChI=1S/C17H14N4O3/c18-8-13(10-20-16-3-1-2-6-19-16)17(22)21-9-12-4-5-14-15(7-12)24-11-23-14/h1-7,10H,9,11H2,(H,19,20)(H,21,22)/b13-10-. The average molecular weight is 322 g/mol. The molecule has 1 aliphatic heterocycles. The molecule has 0 atom stereocenters. The fourth-order valence-corrected chi connectivity index (χ4v) is 2.07. The van der Waals surface area contributed by atoms with Gasteiger partial charge < -0.3 is 20.1 Å². The van der Waals surface area contributed by atoms with Crippen LogP contribution in [0.4, 0.5) is 5.82 Å². The van der Waals surface area contributed by atoms with Gasteiger partial charge in [0.05, 0.1) is 0 Å². The van der Waals surface area contributed by atoms with Gasteiger partial charge in [-0.2, -0.15) is 5.26 Å². The number of hydrogen-bond donors (Lipinski definition) is 2. The molecule has 2 heterocycles. The number of anilines is 1. The first-order chi connectivity index (χ1) is 11.8. The normalized spacial score (nSPS) is 12.4. The molecule has 7 nitrogen and oxygen atoms in total. The van der Waals surface area contributed by atoms with E-state index >= 15 is 0 Å². The van der Waals surface area contributed by atoms with Crippen LogP contribution >= 0.6 is 0 Å². The van der Waals surface area contributed by atoms with Crippen molar-refractivity contribution >= 4 is 11.7 Å². The highest BCUT2D eigenvalue weighted by molar-refractivity contribution is 5.97. The summed E-state index contributed by atoms with van der Waals surface area (Å²) in [7, 11) is 0. The third-order valence-electron chi connectivity index (χ3n) is 3.28. The quantitative estimate of drug-likeness (QED) is 0.645. The second kappa shape index (κ2) is 7.15. The van der Waals surface area contributed by atoms with Crippen LogP contribution < -0.4 is 20.1 Å². The summed E-state index contributed by atoms with van der Waals surface area (Å²) >= 11 is 0. The summed E-state index contributed by atoms with van der Waals surface area (Å²) < 4.78 is 10.5. The van der Waals surface area contributed by atoms with Gasteiger partial charge in [0.25, 0.3) is 5.91 Å². The summed E-state index contributed by atoms with van der Waals surface area (Å²) in [5, 5.41) is 14.6. The Morgan fingerprint density at radius 2 is 2.17 bits per heavy atom. The van der Waals surface area contributed by atoms with Crippen molar-refractivity contribution in [3.8, 4) is 17.6 Å². The molecule has 24 heavy (non-hydrogen) atoms. The van der Waals surface area contributed by atoms with Crippen LogP contribution in [-0.2, 0) is 11.3 Å². The van der Waals surface area contributed by atoms with Crippen molar-refractivity contribution in [2.75, 3.05) is 12.1 Å². The number of rotatable bonds is 5. The van der Waals surface area contributed by atoms with E-state index in [-0.39, 0.29) is 18.9 Å². The number of nitrogens with one attached hydrogen (secondary N) is 2. The Balaban J connectivity index is 1.59. The predicted molar refractivity (Wildman–Crippen MR) is 86.0 cm³/mol. The van der Waals surface area contributed by atoms with E-state index in [0.29, 0.717) is 17.3 Å². The summed E-state index contributed by atoms with van der Waals surface area (Å²) in [5.74, 6) is 1.41. The Hall–Kier alpha value is -3.53. The number of fused-ring (bicyclic) bond motifs is 1. The number of benzene rings is 1. The molecule has 0 saturated heterocycles. The molecule has 1 aromatic heterocycles. The molecule has 0 radical (unpaired) electrons. The van der Waals surface area contributed by atoms with Crippen LogP contribution in [0.5, 0.6) is 11.5 Å². The minimum absolute atomic E-state index is 0.0404. The zero-order valence-electron chi connectivity index (χ0n) is 12.7. The maximum Gasteiger partial charge on any atom is 0.263 e. The number of hydrogen-bond acceptors (Lipinski definition) is 6. The van der Waals surface area contributed by atoms with Gasteiger partial charge in [-0.05, 0) is 29.8 Å². The third kappa shape index (κ3) is 3.62. The zero-order valence-corrected chi connectivity index (χ0v) is 12.7. The second-order valence-electron chi connectivity index (χ2n) is 4.90. The van der Waals surface area contributed by atoms with E-state index in [0.717, 1.165) is 5.56 Å². The number of nitrogens with zero attached hydrogens (tertiary/aromatic N) is 2.